The van der Waals surface area contributed by atoms with E-state index in [1.165, 1.54) is 77.0 Å². The predicted octanol–water partition coefficient (Wildman–Crippen LogP) is 3.31. The van der Waals surface area contributed by atoms with E-state index in [0.717, 1.165) is 38.5 Å². The van der Waals surface area contributed by atoms with E-state index in [1.54, 1.807) is 0 Å². The van der Waals surface area contributed by atoms with E-state index in [1.807, 2.05) is 0 Å². The Morgan fingerprint density at radius 1 is 0.490 bits per heavy atom. The molecule has 0 aliphatic heterocycles. The molecule has 284 valence electrons. The first-order valence-electron chi connectivity index (χ1n) is 17.2. The zero-order chi connectivity index (χ0) is 36.8. The van der Waals surface area contributed by atoms with E-state index >= 15 is 0 Å². The molecular formula is C32H58CaO14S2. The summed E-state index contributed by atoms with van der Waals surface area (Å²) in [5.74, 6) is -5.99. The maximum Gasteiger partial charge on any atom is 2.00 e. The number of rotatable bonds is 30. The minimum absolute atomic E-state index is 0. The van der Waals surface area contributed by atoms with Crippen molar-refractivity contribution in [3.63, 3.8) is 0 Å². The summed E-state index contributed by atoms with van der Waals surface area (Å²) >= 11 is 0. The van der Waals surface area contributed by atoms with E-state index in [9.17, 15) is 46.2 Å². The summed E-state index contributed by atoms with van der Waals surface area (Å²) in [5, 5.41) is 16.6. The average Bonchev–Trinajstić information content (AvgIpc) is 2.99. The molecule has 17 heteroatoms. The minimum Gasteiger partial charge on any atom is -0.550 e. The monoisotopic (exact) mass is 770 g/mol. The van der Waals surface area contributed by atoms with Gasteiger partial charge in [0.2, 0.25) is 0 Å². The Morgan fingerprint density at radius 3 is 0.918 bits per heavy atom. The van der Waals surface area contributed by atoms with Crippen LogP contribution >= 0.6 is 0 Å². The Labute approximate surface area is 323 Å². The van der Waals surface area contributed by atoms with Crippen molar-refractivity contribution >= 4 is 81.9 Å². The van der Waals surface area contributed by atoms with Crippen LogP contribution in [0.5, 0.6) is 0 Å². The van der Waals surface area contributed by atoms with Gasteiger partial charge in [0.05, 0.1) is 13.2 Å². The van der Waals surface area contributed by atoms with Crippen molar-refractivity contribution in [3.8, 4) is 0 Å². The van der Waals surface area contributed by atoms with Gasteiger partial charge in [0.15, 0.2) is 10.5 Å². The fourth-order valence-electron chi connectivity index (χ4n) is 4.63. The predicted molar refractivity (Wildman–Crippen MR) is 181 cm³/mol. The number of carbonyl (C=O) groups excluding carboxylic acids is 4. The number of carboxylic acid groups (broad SMARTS) is 2. The van der Waals surface area contributed by atoms with Crippen LogP contribution in [0.2, 0.25) is 0 Å². The van der Waals surface area contributed by atoms with Crippen LogP contribution in [0, 0.1) is 0 Å². The number of ether oxygens (including phenoxy) is 2. The molecule has 2 atom stereocenters. The number of hydrogen-bond donors (Lipinski definition) is 2. The Morgan fingerprint density at radius 2 is 0.714 bits per heavy atom. The molecule has 0 aromatic carbocycles. The van der Waals surface area contributed by atoms with E-state index in [2.05, 4.69) is 13.8 Å². The van der Waals surface area contributed by atoms with Crippen molar-refractivity contribution in [2.45, 2.75) is 166 Å². The number of esters is 2. The van der Waals surface area contributed by atoms with Crippen molar-refractivity contribution in [1.82, 2.24) is 0 Å². The second-order valence-corrected chi connectivity index (χ2v) is 15.1. The van der Waals surface area contributed by atoms with Crippen molar-refractivity contribution in [2.24, 2.45) is 0 Å². The molecular weight excluding hydrogens is 713 g/mol. The molecule has 0 aliphatic rings. The van der Waals surface area contributed by atoms with E-state index in [-0.39, 0.29) is 51.0 Å². The molecule has 0 radical (unpaired) electrons. The van der Waals surface area contributed by atoms with E-state index in [4.69, 9.17) is 18.6 Å². The van der Waals surface area contributed by atoms with Gasteiger partial charge < -0.3 is 29.3 Å². The Bertz CT molecular complexity index is 1010. The van der Waals surface area contributed by atoms with Gasteiger partial charge in [-0.1, -0.05) is 129 Å². The van der Waals surface area contributed by atoms with Gasteiger partial charge in [0.1, 0.15) is 0 Å². The summed E-state index contributed by atoms with van der Waals surface area (Å²) in [5.41, 5.74) is 0. The molecule has 0 aromatic heterocycles. The molecule has 49 heavy (non-hydrogen) atoms. The van der Waals surface area contributed by atoms with Crippen molar-refractivity contribution < 1.29 is 64.8 Å². The molecule has 0 aromatic rings. The van der Waals surface area contributed by atoms with Crippen molar-refractivity contribution in [3.05, 3.63) is 0 Å². The molecule has 14 nitrogen and oxygen atoms in total. The number of hydrogen-bond acceptors (Lipinski definition) is 12. The second kappa shape index (κ2) is 32.8. The van der Waals surface area contributed by atoms with Gasteiger partial charge >= 0.3 is 49.7 Å². The van der Waals surface area contributed by atoms with Crippen LogP contribution in [0.15, 0.2) is 0 Å². The SMILES string of the molecule is CCCCCCCCCCCCOC(=O)C(CC(=O)[O-])S(=O)(=O)O.CCCCCCCCCCCCOC(=O)C(CC(=O)[O-])S(=O)(=O)O.[Ca+2]. The zero-order valence-electron chi connectivity index (χ0n) is 29.4. The first-order valence-corrected chi connectivity index (χ1v) is 20.2. The van der Waals surface area contributed by atoms with Crippen LogP contribution in [0.4, 0.5) is 0 Å². The maximum absolute atomic E-state index is 11.5. The molecule has 2 N–H and O–H groups in total. The molecule has 0 amide bonds. The van der Waals surface area contributed by atoms with Crippen LogP contribution in [-0.4, -0.2) is 111 Å². The van der Waals surface area contributed by atoms with Gasteiger partial charge in [-0.2, -0.15) is 16.8 Å². The summed E-state index contributed by atoms with van der Waals surface area (Å²) < 4.78 is 71.1. The Hall–Kier alpha value is -1.04. The molecule has 0 bridgehead atoms. The van der Waals surface area contributed by atoms with Gasteiger partial charge in [-0.15, -0.1) is 0 Å². The summed E-state index contributed by atoms with van der Waals surface area (Å²) in [6.07, 6.45) is 19.8. The molecule has 0 spiro atoms. The van der Waals surface area contributed by atoms with Gasteiger partial charge in [0, 0.05) is 24.8 Å². The molecule has 0 fully saturated rings. The van der Waals surface area contributed by atoms with Gasteiger partial charge in [-0.05, 0) is 12.8 Å². The molecule has 0 saturated heterocycles. The zero-order valence-corrected chi connectivity index (χ0v) is 33.3. The summed E-state index contributed by atoms with van der Waals surface area (Å²) in [4.78, 5) is 43.9. The maximum atomic E-state index is 11.5. The topological polar surface area (TPSA) is 242 Å². The molecule has 0 heterocycles. The van der Waals surface area contributed by atoms with Crippen molar-refractivity contribution in [2.75, 3.05) is 13.2 Å². The van der Waals surface area contributed by atoms with Gasteiger partial charge in [0.25, 0.3) is 20.2 Å². The third-order valence-corrected chi connectivity index (χ3v) is 9.59. The smallest absolute Gasteiger partial charge is 0.550 e. The first-order chi connectivity index (χ1) is 22.6. The fraction of sp³-hybridized carbons (Fsp3) is 0.875. The minimum atomic E-state index is -4.82. The largest absolute Gasteiger partial charge is 2.00 e. The summed E-state index contributed by atoms with van der Waals surface area (Å²) in [6, 6.07) is 0. The quantitative estimate of drug-likeness (QED) is 0.0461. The standard InChI is InChI=1S/2C16H30O7S.Ca/c2*1-2-3-4-5-6-7-8-9-10-11-12-23-16(19)14(13-15(17)18)24(20,21)22;/h2*14H,2-13H2,1H3,(H,17,18)(H,20,21,22);/q;;+2/p-2. The van der Waals surface area contributed by atoms with Gasteiger partial charge in [-0.3, -0.25) is 18.7 Å². The van der Waals surface area contributed by atoms with Crippen LogP contribution in [0.3, 0.4) is 0 Å². The summed E-state index contributed by atoms with van der Waals surface area (Å²) in [7, 11) is -9.64. The number of carbonyl (C=O) groups is 4. The molecule has 0 saturated carbocycles. The van der Waals surface area contributed by atoms with E-state index < -0.39 is 67.5 Å². The van der Waals surface area contributed by atoms with Crippen molar-refractivity contribution in [1.29, 1.82) is 0 Å². The van der Waals surface area contributed by atoms with Crippen LogP contribution in [0.1, 0.15) is 155 Å². The normalized spacial score (nSPS) is 12.5. The number of carboxylic acids is 2. The Balaban J connectivity index is -0.000000846. The van der Waals surface area contributed by atoms with Crippen LogP contribution in [-0.2, 0) is 48.9 Å². The third kappa shape index (κ3) is 33.8. The second-order valence-electron chi connectivity index (χ2n) is 11.9. The third-order valence-electron chi connectivity index (χ3n) is 7.43. The summed E-state index contributed by atoms with van der Waals surface area (Å²) in [6.45, 7) is 4.38. The number of aliphatic carboxylic acids is 2. The number of unbranched alkanes of at least 4 members (excludes halogenated alkanes) is 18. The van der Waals surface area contributed by atoms with Crippen LogP contribution in [0.25, 0.3) is 0 Å². The van der Waals surface area contributed by atoms with Gasteiger partial charge in [-0.25, -0.2) is 0 Å². The average molecular weight is 771 g/mol. The van der Waals surface area contributed by atoms with Crippen LogP contribution < -0.4 is 10.2 Å². The molecule has 0 aliphatic carbocycles. The fourth-order valence-corrected chi connectivity index (χ4v) is 5.95. The Kier molecular flexibility index (Phi) is 35.1. The van der Waals surface area contributed by atoms with E-state index in [0.29, 0.717) is 12.8 Å². The molecule has 2 unspecified atom stereocenters. The molecule has 0 rings (SSSR count). The first kappa shape index (κ1) is 52.3.